The van der Waals surface area contributed by atoms with Gasteiger partial charge in [-0.1, -0.05) is 30.5 Å². The van der Waals surface area contributed by atoms with Crippen molar-refractivity contribution >= 4 is 16.8 Å². The van der Waals surface area contributed by atoms with Gasteiger partial charge in [0.05, 0.1) is 17.3 Å². The standard InChI is InChI=1S/C18H18FN3O2/c1-12(2)11-22-16-8-7-14(9-13(16)10-20-22)24-17-6-4-3-5-15(17)18(23)21-19/h3-10,12H,11H2,1-2H3,(H,21,23). The van der Waals surface area contributed by atoms with Crippen molar-refractivity contribution in [2.45, 2.75) is 20.4 Å². The number of nitrogens with one attached hydrogen (secondary N) is 1. The zero-order valence-electron chi connectivity index (χ0n) is 13.5. The van der Waals surface area contributed by atoms with E-state index in [1.165, 1.54) is 6.07 Å². The van der Waals surface area contributed by atoms with Crippen molar-refractivity contribution < 1.29 is 14.0 Å². The summed E-state index contributed by atoms with van der Waals surface area (Å²) in [7, 11) is 0. The smallest absolute Gasteiger partial charge is 0.282 e. The van der Waals surface area contributed by atoms with Crippen LogP contribution in [0.15, 0.2) is 48.7 Å². The van der Waals surface area contributed by atoms with Gasteiger partial charge in [-0.25, -0.2) is 0 Å². The molecular formula is C18H18FN3O2. The molecule has 5 nitrogen and oxygen atoms in total. The summed E-state index contributed by atoms with van der Waals surface area (Å²) in [4.78, 5) is 11.6. The molecule has 0 atom stereocenters. The number of hydrogen-bond acceptors (Lipinski definition) is 3. The summed E-state index contributed by atoms with van der Waals surface area (Å²) in [5.74, 6) is 0.513. The van der Waals surface area contributed by atoms with Crippen LogP contribution in [0.25, 0.3) is 10.9 Å². The first-order valence-corrected chi connectivity index (χ1v) is 7.72. The number of carbonyl (C=O) groups excluding carboxylic acids is 1. The molecule has 0 radical (unpaired) electrons. The van der Waals surface area contributed by atoms with Crippen LogP contribution in [0.2, 0.25) is 0 Å². The van der Waals surface area contributed by atoms with Crippen molar-refractivity contribution in [1.82, 2.24) is 15.3 Å². The highest BCUT2D eigenvalue weighted by atomic mass is 19.2. The van der Waals surface area contributed by atoms with Gasteiger partial charge >= 0.3 is 0 Å². The molecule has 0 saturated heterocycles. The maximum Gasteiger partial charge on any atom is 0.282 e. The van der Waals surface area contributed by atoms with Crippen LogP contribution in [0.3, 0.4) is 0 Å². The number of amides is 1. The van der Waals surface area contributed by atoms with Gasteiger partial charge in [-0.15, -0.1) is 0 Å². The molecule has 1 N–H and O–H groups in total. The van der Waals surface area contributed by atoms with Crippen LogP contribution in [0.5, 0.6) is 11.5 Å². The Morgan fingerprint density at radius 2 is 2.08 bits per heavy atom. The number of fused-ring (bicyclic) bond motifs is 1. The molecule has 6 heteroatoms. The van der Waals surface area contributed by atoms with Crippen LogP contribution in [0.4, 0.5) is 4.48 Å². The molecular weight excluding hydrogens is 309 g/mol. The molecule has 3 rings (SSSR count). The lowest BCUT2D eigenvalue weighted by Crippen LogP contribution is -2.14. The second kappa shape index (κ2) is 6.70. The Labute approximate surface area is 139 Å². The fourth-order valence-electron chi connectivity index (χ4n) is 2.54. The molecule has 2 aromatic carbocycles. The molecule has 1 amide bonds. The number of para-hydroxylation sites is 1. The van der Waals surface area contributed by atoms with E-state index in [-0.39, 0.29) is 5.56 Å². The van der Waals surface area contributed by atoms with Gasteiger partial charge in [-0.2, -0.15) is 10.6 Å². The number of ether oxygens (including phenoxy) is 1. The van der Waals surface area contributed by atoms with E-state index in [1.807, 2.05) is 22.9 Å². The van der Waals surface area contributed by atoms with Crippen molar-refractivity contribution in [2.75, 3.05) is 0 Å². The molecule has 0 unspecified atom stereocenters. The Kier molecular flexibility index (Phi) is 4.46. The van der Waals surface area contributed by atoms with Gasteiger partial charge in [0, 0.05) is 11.9 Å². The molecule has 124 valence electrons. The topological polar surface area (TPSA) is 56.2 Å². The fourth-order valence-corrected chi connectivity index (χ4v) is 2.54. The lowest BCUT2D eigenvalue weighted by molar-refractivity contribution is 0.0857. The van der Waals surface area contributed by atoms with Crippen LogP contribution < -0.4 is 10.3 Å². The van der Waals surface area contributed by atoms with Crippen molar-refractivity contribution in [3.8, 4) is 11.5 Å². The minimum atomic E-state index is -0.837. The Bertz CT molecular complexity index is 874. The van der Waals surface area contributed by atoms with E-state index in [0.29, 0.717) is 17.4 Å². The predicted molar refractivity (Wildman–Crippen MR) is 89.7 cm³/mol. The third-order valence-electron chi connectivity index (χ3n) is 3.60. The Hall–Kier alpha value is -2.89. The van der Waals surface area contributed by atoms with Gasteiger partial charge in [-0.3, -0.25) is 9.48 Å². The van der Waals surface area contributed by atoms with Gasteiger partial charge in [0.2, 0.25) is 0 Å². The van der Waals surface area contributed by atoms with Crippen LogP contribution in [-0.2, 0) is 6.54 Å². The van der Waals surface area contributed by atoms with Gasteiger partial charge in [0.15, 0.2) is 0 Å². The molecule has 0 fully saturated rings. The minimum absolute atomic E-state index is 0.135. The second-order valence-corrected chi connectivity index (χ2v) is 5.96. The van der Waals surface area contributed by atoms with Crippen molar-refractivity contribution in [3.05, 3.63) is 54.2 Å². The van der Waals surface area contributed by atoms with Gasteiger partial charge in [0.25, 0.3) is 5.91 Å². The molecule has 0 aliphatic heterocycles. The molecule has 0 aliphatic rings. The van der Waals surface area contributed by atoms with Gasteiger partial charge in [0.1, 0.15) is 11.5 Å². The van der Waals surface area contributed by atoms with Crippen LogP contribution in [0, 0.1) is 5.92 Å². The summed E-state index contributed by atoms with van der Waals surface area (Å²) in [6, 6.07) is 12.1. The van der Waals surface area contributed by atoms with E-state index < -0.39 is 5.91 Å². The highest BCUT2D eigenvalue weighted by molar-refractivity contribution is 5.96. The number of rotatable bonds is 5. The van der Waals surface area contributed by atoms with E-state index in [9.17, 15) is 9.28 Å². The molecule has 3 aromatic rings. The summed E-state index contributed by atoms with van der Waals surface area (Å²) in [6.45, 7) is 5.11. The number of benzene rings is 2. The Morgan fingerprint density at radius 3 is 2.83 bits per heavy atom. The van der Waals surface area contributed by atoms with Gasteiger partial charge < -0.3 is 4.74 Å². The summed E-state index contributed by atoms with van der Waals surface area (Å²) in [5.41, 5.74) is 2.28. The number of hydrogen-bond donors (Lipinski definition) is 1. The Morgan fingerprint density at radius 1 is 1.29 bits per heavy atom. The lowest BCUT2D eigenvalue weighted by Gasteiger charge is -2.10. The number of nitrogens with zero attached hydrogens (tertiary/aromatic N) is 2. The van der Waals surface area contributed by atoms with E-state index in [4.69, 9.17) is 4.74 Å². The second-order valence-electron chi connectivity index (χ2n) is 5.96. The highest BCUT2D eigenvalue weighted by Gasteiger charge is 2.13. The van der Waals surface area contributed by atoms with Crippen LogP contribution >= 0.6 is 0 Å². The van der Waals surface area contributed by atoms with Crippen LogP contribution in [-0.4, -0.2) is 15.7 Å². The first kappa shape index (κ1) is 16.0. The molecule has 0 spiro atoms. The Balaban J connectivity index is 1.90. The number of carbonyl (C=O) groups is 1. The zero-order valence-corrected chi connectivity index (χ0v) is 13.5. The van der Waals surface area contributed by atoms with Crippen molar-refractivity contribution in [3.63, 3.8) is 0 Å². The summed E-state index contributed by atoms with van der Waals surface area (Å²) >= 11 is 0. The average Bonchev–Trinajstić information content (AvgIpc) is 2.96. The molecule has 0 bridgehead atoms. The van der Waals surface area contributed by atoms with E-state index in [1.54, 1.807) is 24.4 Å². The normalized spacial score (nSPS) is 11.0. The number of halogens is 1. The first-order chi connectivity index (χ1) is 11.6. The van der Waals surface area contributed by atoms with E-state index >= 15 is 0 Å². The zero-order chi connectivity index (χ0) is 17.1. The SMILES string of the molecule is CC(C)Cn1ncc2cc(Oc3ccccc3C(=O)NF)ccc21. The van der Waals surface area contributed by atoms with Crippen LogP contribution in [0.1, 0.15) is 24.2 Å². The monoisotopic (exact) mass is 327 g/mol. The molecule has 0 aliphatic carbocycles. The van der Waals surface area contributed by atoms with E-state index in [0.717, 1.165) is 23.0 Å². The molecule has 24 heavy (non-hydrogen) atoms. The average molecular weight is 327 g/mol. The third-order valence-corrected chi connectivity index (χ3v) is 3.60. The van der Waals surface area contributed by atoms with Crippen molar-refractivity contribution in [2.24, 2.45) is 5.92 Å². The quantitative estimate of drug-likeness (QED) is 0.718. The number of aromatic nitrogens is 2. The minimum Gasteiger partial charge on any atom is -0.457 e. The summed E-state index contributed by atoms with van der Waals surface area (Å²) < 4.78 is 20.2. The molecule has 1 aromatic heterocycles. The fraction of sp³-hybridized carbons (Fsp3) is 0.222. The molecule has 1 heterocycles. The predicted octanol–water partition coefficient (Wildman–Crippen LogP) is 4.10. The van der Waals surface area contributed by atoms with Gasteiger partial charge in [-0.05, 0) is 36.2 Å². The molecule has 0 saturated carbocycles. The highest BCUT2D eigenvalue weighted by Crippen LogP contribution is 2.28. The lowest BCUT2D eigenvalue weighted by atomic mass is 10.2. The maximum atomic E-state index is 12.4. The van der Waals surface area contributed by atoms with Crippen molar-refractivity contribution in [1.29, 1.82) is 0 Å². The maximum absolute atomic E-state index is 12.4. The van der Waals surface area contributed by atoms with E-state index in [2.05, 4.69) is 18.9 Å². The first-order valence-electron chi connectivity index (χ1n) is 7.72. The largest absolute Gasteiger partial charge is 0.457 e. The summed E-state index contributed by atoms with van der Waals surface area (Å²) in [5, 5.41) is 5.34. The summed E-state index contributed by atoms with van der Waals surface area (Å²) in [6.07, 6.45) is 1.78. The third kappa shape index (κ3) is 3.22.